The fraction of sp³-hybridized carbons (Fsp3) is 0.105. The lowest BCUT2D eigenvalue weighted by molar-refractivity contribution is -0.114. The third-order valence-corrected chi connectivity index (χ3v) is 4.06. The van der Waals surface area contributed by atoms with Gasteiger partial charge in [-0.25, -0.2) is 0 Å². The second-order valence-corrected chi connectivity index (χ2v) is 6.73. The molecule has 0 aliphatic heterocycles. The van der Waals surface area contributed by atoms with Crippen molar-refractivity contribution in [2.24, 2.45) is 0 Å². The summed E-state index contributed by atoms with van der Waals surface area (Å²) in [7, 11) is 0. The summed E-state index contributed by atoms with van der Waals surface area (Å²) in [5, 5.41) is 17.5. The molecule has 0 aliphatic carbocycles. The molecule has 0 fully saturated rings. The van der Waals surface area contributed by atoms with Crippen molar-refractivity contribution in [2.45, 2.75) is 13.8 Å². The Bertz CT molecular complexity index is 899. The Balaban J connectivity index is 2.06. The molecule has 7 heteroatoms. The maximum Gasteiger partial charge on any atom is 0.267 e. The van der Waals surface area contributed by atoms with Gasteiger partial charge in [-0.3, -0.25) is 9.59 Å². The van der Waals surface area contributed by atoms with E-state index in [1.54, 1.807) is 24.3 Å². The van der Waals surface area contributed by atoms with E-state index in [9.17, 15) is 14.9 Å². The van der Waals surface area contributed by atoms with Crippen molar-refractivity contribution in [2.75, 3.05) is 16.0 Å². The summed E-state index contributed by atoms with van der Waals surface area (Å²) in [6, 6.07) is 14.3. The summed E-state index contributed by atoms with van der Waals surface area (Å²) in [6.45, 7) is 3.36. The second kappa shape index (κ2) is 9.01. The number of carbonyl (C=O) groups excluding carboxylic acids is 2. The van der Waals surface area contributed by atoms with Gasteiger partial charge in [0.15, 0.2) is 0 Å². The van der Waals surface area contributed by atoms with Gasteiger partial charge in [0.2, 0.25) is 5.91 Å². The summed E-state index contributed by atoms with van der Waals surface area (Å²) in [5.41, 5.74) is 2.94. The highest BCUT2D eigenvalue weighted by Gasteiger charge is 2.10. The fourth-order valence-electron chi connectivity index (χ4n) is 2.13. The van der Waals surface area contributed by atoms with Crippen LogP contribution in [-0.2, 0) is 9.59 Å². The van der Waals surface area contributed by atoms with Crippen LogP contribution in [0, 0.1) is 21.8 Å². The van der Waals surface area contributed by atoms with Crippen LogP contribution >= 0.6 is 22.6 Å². The predicted molar refractivity (Wildman–Crippen MR) is 111 cm³/mol. The first kappa shape index (κ1) is 19.5. The van der Waals surface area contributed by atoms with Crippen molar-refractivity contribution < 1.29 is 9.59 Å². The molecule has 2 aromatic carbocycles. The highest BCUT2D eigenvalue weighted by atomic mass is 127. The molecule has 0 radical (unpaired) electrons. The van der Waals surface area contributed by atoms with Gasteiger partial charge in [0.1, 0.15) is 11.6 Å². The molecule has 0 unspecified atom stereocenters. The summed E-state index contributed by atoms with van der Waals surface area (Å²) < 4.78 is 1.11. The van der Waals surface area contributed by atoms with Crippen LogP contribution < -0.4 is 16.0 Å². The standard InChI is InChI=1S/C19H17IN4O2/c1-12-9-15(20)3-8-18(12)22-11-14(10-21)19(26)24-17-6-4-16(5-7-17)23-13(2)25/h3-9,11,22H,1-2H3,(H,23,25)(H,24,26)/b14-11-. The molecule has 0 spiro atoms. The lowest BCUT2D eigenvalue weighted by Crippen LogP contribution is -2.14. The zero-order valence-electron chi connectivity index (χ0n) is 14.3. The van der Waals surface area contributed by atoms with Gasteiger partial charge < -0.3 is 16.0 Å². The van der Waals surface area contributed by atoms with E-state index in [2.05, 4.69) is 38.5 Å². The lowest BCUT2D eigenvalue weighted by Gasteiger charge is -2.08. The lowest BCUT2D eigenvalue weighted by atomic mass is 10.2. The van der Waals surface area contributed by atoms with Crippen molar-refractivity contribution in [3.05, 3.63) is 63.4 Å². The number of amides is 2. The molecule has 0 aromatic heterocycles. The maximum absolute atomic E-state index is 12.3. The number of benzene rings is 2. The molecule has 0 atom stereocenters. The van der Waals surface area contributed by atoms with Crippen LogP contribution in [0.5, 0.6) is 0 Å². The summed E-state index contributed by atoms with van der Waals surface area (Å²) in [4.78, 5) is 23.3. The number of anilines is 3. The first-order valence-corrected chi connectivity index (χ1v) is 8.79. The fourth-order valence-corrected chi connectivity index (χ4v) is 2.77. The summed E-state index contributed by atoms with van der Waals surface area (Å²) in [6.07, 6.45) is 1.39. The van der Waals surface area contributed by atoms with Gasteiger partial charge in [0, 0.05) is 33.8 Å². The topological polar surface area (TPSA) is 94.0 Å². The summed E-state index contributed by atoms with van der Waals surface area (Å²) >= 11 is 2.22. The molecule has 0 saturated carbocycles. The predicted octanol–water partition coefficient (Wildman–Crippen LogP) is 4.02. The number of hydrogen-bond donors (Lipinski definition) is 3. The van der Waals surface area contributed by atoms with Gasteiger partial charge in [-0.2, -0.15) is 5.26 Å². The molecule has 0 heterocycles. The molecule has 6 nitrogen and oxygen atoms in total. The Morgan fingerprint density at radius 2 is 1.69 bits per heavy atom. The molecule has 0 bridgehead atoms. The van der Waals surface area contributed by atoms with Crippen molar-refractivity contribution >= 4 is 51.5 Å². The average molecular weight is 460 g/mol. The Kier molecular flexibility index (Phi) is 6.74. The molecule has 2 aromatic rings. The zero-order valence-corrected chi connectivity index (χ0v) is 16.4. The van der Waals surface area contributed by atoms with Crippen molar-refractivity contribution in [3.63, 3.8) is 0 Å². The molecular formula is C19H17IN4O2. The van der Waals surface area contributed by atoms with Gasteiger partial charge >= 0.3 is 0 Å². The Hall–Kier alpha value is -2.86. The number of nitrogens with zero attached hydrogens (tertiary/aromatic N) is 1. The number of nitrogens with one attached hydrogen (secondary N) is 3. The normalized spacial score (nSPS) is 10.6. The van der Waals surface area contributed by atoms with E-state index in [-0.39, 0.29) is 11.5 Å². The van der Waals surface area contributed by atoms with Crippen LogP contribution in [-0.4, -0.2) is 11.8 Å². The first-order valence-electron chi connectivity index (χ1n) is 7.71. The monoisotopic (exact) mass is 460 g/mol. The van der Waals surface area contributed by atoms with E-state index in [0.717, 1.165) is 14.8 Å². The number of hydrogen-bond acceptors (Lipinski definition) is 4. The minimum absolute atomic E-state index is 0.0473. The highest BCUT2D eigenvalue weighted by molar-refractivity contribution is 14.1. The third-order valence-electron chi connectivity index (χ3n) is 3.39. The number of rotatable bonds is 5. The minimum Gasteiger partial charge on any atom is -0.360 e. The van der Waals surface area contributed by atoms with Crippen molar-refractivity contribution in [3.8, 4) is 6.07 Å². The molecule has 0 aliphatic rings. The Labute approximate surface area is 165 Å². The van der Waals surface area contributed by atoms with Gasteiger partial charge in [0.25, 0.3) is 5.91 Å². The minimum atomic E-state index is -0.518. The van der Waals surface area contributed by atoms with Gasteiger partial charge in [-0.05, 0) is 77.5 Å². The number of halogens is 1. The van der Waals surface area contributed by atoms with Crippen molar-refractivity contribution in [1.82, 2.24) is 0 Å². The van der Waals surface area contributed by atoms with Gasteiger partial charge in [-0.1, -0.05) is 0 Å². The van der Waals surface area contributed by atoms with Gasteiger partial charge in [0.05, 0.1) is 0 Å². The van der Waals surface area contributed by atoms with Crippen LogP contribution in [0.15, 0.2) is 54.2 Å². The van der Waals surface area contributed by atoms with Crippen molar-refractivity contribution in [1.29, 1.82) is 5.26 Å². The Morgan fingerprint density at radius 3 is 2.23 bits per heavy atom. The maximum atomic E-state index is 12.3. The largest absolute Gasteiger partial charge is 0.360 e. The molecule has 132 valence electrons. The smallest absolute Gasteiger partial charge is 0.267 e. The Morgan fingerprint density at radius 1 is 1.08 bits per heavy atom. The van der Waals surface area contributed by atoms with E-state index in [1.807, 2.05) is 31.2 Å². The van der Waals surface area contributed by atoms with Gasteiger partial charge in [-0.15, -0.1) is 0 Å². The average Bonchev–Trinajstić information content (AvgIpc) is 2.58. The van der Waals surface area contributed by atoms with Crippen LogP contribution in [0.3, 0.4) is 0 Å². The highest BCUT2D eigenvalue weighted by Crippen LogP contribution is 2.18. The summed E-state index contributed by atoms with van der Waals surface area (Å²) in [5.74, 6) is -0.691. The van der Waals surface area contributed by atoms with E-state index in [1.165, 1.54) is 13.1 Å². The molecule has 2 rings (SSSR count). The third kappa shape index (κ3) is 5.60. The van der Waals surface area contributed by atoms with E-state index < -0.39 is 5.91 Å². The molecular weight excluding hydrogens is 443 g/mol. The van der Waals surface area contributed by atoms with Crippen LogP contribution in [0.1, 0.15) is 12.5 Å². The molecule has 3 N–H and O–H groups in total. The molecule has 26 heavy (non-hydrogen) atoms. The van der Waals surface area contributed by atoms with Crippen LogP contribution in [0.2, 0.25) is 0 Å². The quantitative estimate of drug-likeness (QED) is 0.357. The van der Waals surface area contributed by atoms with Crippen LogP contribution in [0.25, 0.3) is 0 Å². The van der Waals surface area contributed by atoms with E-state index in [0.29, 0.717) is 11.4 Å². The molecule has 2 amide bonds. The van der Waals surface area contributed by atoms with Crippen LogP contribution in [0.4, 0.5) is 17.1 Å². The first-order chi connectivity index (χ1) is 12.4. The second-order valence-electron chi connectivity index (χ2n) is 5.49. The number of carbonyl (C=O) groups is 2. The zero-order chi connectivity index (χ0) is 19.1. The van der Waals surface area contributed by atoms with E-state index >= 15 is 0 Å². The number of aryl methyl sites for hydroxylation is 1. The SMILES string of the molecule is CC(=O)Nc1ccc(NC(=O)/C(C#N)=C\Nc2ccc(I)cc2C)cc1. The number of nitriles is 1. The van der Waals surface area contributed by atoms with E-state index in [4.69, 9.17) is 0 Å². The molecule has 0 saturated heterocycles.